The molecule has 1 aliphatic rings. The highest BCUT2D eigenvalue weighted by atomic mass is 32.2. The van der Waals surface area contributed by atoms with Crippen LogP contribution in [0.25, 0.3) is 0 Å². The van der Waals surface area contributed by atoms with Gasteiger partial charge in [-0.1, -0.05) is 50.1 Å². The molecule has 2 aromatic rings. The van der Waals surface area contributed by atoms with E-state index in [2.05, 4.69) is 19.2 Å². The van der Waals surface area contributed by atoms with Gasteiger partial charge >= 0.3 is 0 Å². The van der Waals surface area contributed by atoms with E-state index in [4.69, 9.17) is 15.6 Å². The van der Waals surface area contributed by atoms with Crippen molar-refractivity contribution in [3.8, 4) is 0 Å². The summed E-state index contributed by atoms with van der Waals surface area (Å²) in [5.41, 5.74) is 7.94. The fourth-order valence-electron chi connectivity index (χ4n) is 3.34. The van der Waals surface area contributed by atoms with Crippen molar-refractivity contribution in [2.24, 2.45) is 5.73 Å². The number of thioether (sulfide) groups is 1. The third kappa shape index (κ3) is 11.6. The first kappa shape index (κ1) is 33.0. The smallest absolute Gasteiger partial charge is 0.300 e. The van der Waals surface area contributed by atoms with Gasteiger partial charge in [-0.15, -0.1) is 11.8 Å². The van der Waals surface area contributed by atoms with Crippen molar-refractivity contribution in [3.05, 3.63) is 70.5 Å². The van der Waals surface area contributed by atoms with E-state index >= 15 is 0 Å². The summed E-state index contributed by atoms with van der Waals surface area (Å²) in [6, 6.07) is 8.19. The van der Waals surface area contributed by atoms with Gasteiger partial charge in [-0.3, -0.25) is 14.4 Å². The Balaban J connectivity index is 0.000000923. The molecule has 2 atom stereocenters. The number of nitrogens with two attached hydrogens (primary N) is 1. The number of aliphatic carboxylic acids is 1. The van der Waals surface area contributed by atoms with Crippen LogP contribution in [-0.2, 0) is 27.3 Å². The van der Waals surface area contributed by atoms with Gasteiger partial charge in [0.2, 0.25) is 5.91 Å². The second-order valence-corrected chi connectivity index (χ2v) is 9.95. The maximum Gasteiger partial charge on any atom is 0.300 e. The largest absolute Gasteiger partial charge is 0.481 e. The van der Waals surface area contributed by atoms with Crippen molar-refractivity contribution in [2.75, 3.05) is 12.3 Å². The number of benzene rings is 2. The summed E-state index contributed by atoms with van der Waals surface area (Å²) in [5, 5.41) is 9.60. The molecule has 0 radical (unpaired) electrons. The zero-order chi connectivity index (χ0) is 28.8. The van der Waals surface area contributed by atoms with E-state index in [0.29, 0.717) is 24.9 Å². The van der Waals surface area contributed by atoms with Crippen molar-refractivity contribution >= 4 is 29.5 Å². The summed E-state index contributed by atoms with van der Waals surface area (Å²) in [5.74, 6) is -4.18. The molecule has 4 N–H and O–H groups in total. The van der Waals surface area contributed by atoms with E-state index in [-0.39, 0.29) is 30.2 Å². The number of carbonyl (C=O) groups excluding carboxylic acids is 2. The van der Waals surface area contributed by atoms with Crippen LogP contribution in [0.3, 0.4) is 0 Å². The number of nitrogens with zero attached hydrogens (tertiary/aromatic N) is 1. The molecule has 0 saturated carbocycles. The molecule has 1 fully saturated rings. The minimum Gasteiger partial charge on any atom is -0.481 e. The lowest BCUT2D eigenvalue weighted by Gasteiger charge is -2.24. The number of hydrogen-bond acceptors (Lipinski definition) is 5. The topological polar surface area (TPSA) is 113 Å². The van der Waals surface area contributed by atoms with E-state index < -0.39 is 34.8 Å². The van der Waals surface area contributed by atoms with Gasteiger partial charge in [0.15, 0.2) is 17.0 Å². The van der Waals surface area contributed by atoms with E-state index in [1.54, 1.807) is 0 Å². The van der Waals surface area contributed by atoms with Crippen LogP contribution in [0.15, 0.2) is 36.4 Å². The van der Waals surface area contributed by atoms with Crippen molar-refractivity contribution in [2.45, 2.75) is 64.9 Å². The van der Waals surface area contributed by atoms with Crippen LogP contribution >= 0.6 is 11.8 Å². The Morgan fingerprint density at radius 2 is 1.66 bits per heavy atom. The van der Waals surface area contributed by atoms with Crippen LogP contribution in [0, 0.1) is 24.4 Å². The molecule has 0 spiro atoms. The Morgan fingerprint density at radius 1 is 1.11 bits per heavy atom. The highest BCUT2D eigenvalue weighted by Gasteiger charge is 2.35. The molecule has 210 valence electrons. The fraction of sp³-hybridized carbons (Fsp3) is 0.444. The number of aryl methyl sites for hydroxylation is 1. The van der Waals surface area contributed by atoms with Crippen molar-refractivity contribution in [1.29, 1.82) is 0 Å². The normalized spacial score (nSPS) is 14.9. The van der Waals surface area contributed by atoms with Gasteiger partial charge in [-0.05, 0) is 30.5 Å². The quantitative estimate of drug-likeness (QED) is 0.437. The lowest BCUT2D eigenvalue weighted by atomic mass is 10.0. The number of amides is 2. The molecule has 1 saturated heterocycles. The molecule has 1 aliphatic heterocycles. The van der Waals surface area contributed by atoms with Gasteiger partial charge in [-0.2, -0.15) is 0 Å². The maximum atomic E-state index is 13.8. The first-order valence-corrected chi connectivity index (χ1v) is 13.3. The van der Waals surface area contributed by atoms with E-state index in [1.807, 2.05) is 31.2 Å². The minimum absolute atomic E-state index is 0.0950. The van der Waals surface area contributed by atoms with Crippen molar-refractivity contribution in [1.82, 2.24) is 10.2 Å². The molecule has 2 amide bonds. The summed E-state index contributed by atoms with van der Waals surface area (Å²) >= 11 is 1.36. The van der Waals surface area contributed by atoms with Crippen LogP contribution in [-0.4, -0.2) is 51.5 Å². The predicted molar refractivity (Wildman–Crippen MR) is 143 cm³/mol. The Labute approximate surface area is 226 Å². The predicted octanol–water partition coefficient (Wildman–Crippen LogP) is 4.40. The second kappa shape index (κ2) is 16.7. The van der Waals surface area contributed by atoms with E-state index in [1.165, 1.54) is 23.1 Å². The molecule has 1 heterocycles. The summed E-state index contributed by atoms with van der Waals surface area (Å²) in [6.07, 6.45) is 0.987. The SMILES string of the molecule is CC(=O)O.CCC.Cc1ccc(CNC(=O)C2SCCN2C(=O)CC(N)Cc2cc(F)c(F)cc2F)cc1. The Bertz CT molecular complexity index is 1070. The summed E-state index contributed by atoms with van der Waals surface area (Å²) in [4.78, 5) is 35.8. The lowest BCUT2D eigenvalue weighted by molar-refractivity contribution is -0.136. The third-order valence-corrected chi connectivity index (χ3v) is 6.23. The van der Waals surface area contributed by atoms with E-state index in [9.17, 15) is 22.8 Å². The molecule has 2 unspecified atom stereocenters. The number of hydrogen-bond donors (Lipinski definition) is 3. The van der Waals surface area contributed by atoms with Gasteiger partial charge in [0.05, 0.1) is 0 Å². The Morgan fingerprint density at radius 3 is 2.24 bits per heavy atom. The average molecular weight is 556 g/mol. The molecule has 2 aromatic carbocycles. The number of carboxylic acids is 1. The number of nitrogens with one attached hydrogen (secondary N) is 1. The first-order chi connectivity index (χ1) is 17.9. The Kier molecular flexibility index (Phi) is 14.5. The standard InChI is InChI=1S/C22H24F3N3O2S.C3H8.C2H4O2/c1-13-2-4-14(5-3-13)12-27-21(30)22-28(6-7-31-22)20(29)10-16(26)8-15-9-18(24)19(25)11-17(15)23;1-3-2;1-2(3)4/h2-5,9,11,16,22H,6-8,10,12,26H2,1H3,(H,27,30);3H2,1-2H3;1H3,(H,3,4). The van der Waals surface area contributed by atoms with Crippen LogP contribution in [0.5, 0.6) is 0 Å². The number of carboxylic acid groups (broad SMARTS) is 1. The summed E-state index contributed by atoms with van der Waals surface area (Å²) < 4.78 is 40.3. The minimum atomic E-state index is -1.28. The second-order valence-electron chi connectivity index (χ2n) is 8.77. The van der Waals surface area contributed by atoms with Gasteiger partial charge in [0, 0.05) is 44.3 Å². The summed E-state index contributed by atoms with van der Waals surface area (Å²) in [7, 11) is 0. The Hall–Kier alpha value is -3.05. The lowest BCUT2D eigenvalue weighted by Crippen LogP contribution is -2.46. The van der Waals surface area contributed by atoms with Gasteiger partial charge < -0.3 is 21.1 Å². The maximum absolute atomic E-state index is 13.8. The molecule has 38 heavy (non-hydrogen) atoms. The fourth-order valence-corrected chi connectivity index (χ4v) is 4.50. The molecular weight excluding hydrogens is 519 g/mol. The first-order valence-electron chi connectivity index (χ1n) is 12.2. The monoisotopic (exact) mass is 555 g/mol. The third-order valence-electron chi connectivity index (χ3n) is 5.03. The van der Waals surface area contributed by atoms with Gasteiger partial charge in [0.25, 0.3) is 11.9 Å². The van der Waals surface area contributed by atoms with Gasteiger partial charge in [0.1, 0.15) is 5.82 Å². The van der Waals surface area contributed by atoms with Crippen LogP contribution < -0.4 is 11.1 Å². The number of halogens is 3. The molecule has 0 bridgehead atoms. The van der Waals surface area contributed by atoms with Crippen molar-refractivity contribution in [3.63, 3.8) is 0 Å². The van der Waals surface area contributed by atoms with Crippen LogP contribution in [0.4, 0.5) is 13.2 Å². The summed E-state index contributed by atoms with van der Waals surface area (Å²) in [6.45, 7) is 8.07. The molecule has 3 rings (SSSR count). The molecule has 11 heteroatoms. The molecule has 0 aromatic heterocycles. The molecular formula is C27H36F3N3O4S. The van der Waals surface area contributed by atoms with Gasteiger partial charge in [-0.25, -0.2) is 13.2 Å². The average Bonchev–Trinajstić information content (AvgIpc) is 3.32. The van der Waals surface area contributed by atoms with Crippen molar-refractivity contribution < 1.29 is 32.7 Å². The van der Waals surface area contributed by atoms with Crippen LogP contribution in [0.2, 0.25) is 0 Å². The number of rotatable bonds is 7. The molecule has 7 nitrogen and oxygen atoms in total. The van der Waals surface area contributed by atoms with E-state index in [0.717, 1.165) is 24.1 Å². The molecule has 0 aliphatic carbocycles. The number of carbonyl (C=O) groups is 3. The zero-order valence-corrected chi connectivity index (χ0v) is 22.9. The highest BCUT2D eigenvalue weighted by Crippen LogP contribution is 2.25. The van der Waals surface area contributed by atoms with Crippen LogP contribution in [0.1, 0.15) is 50.3 Å². The highest BCUT2D eigenvalue weighted by molar-refractivity contribution is 8.00. The zero-order valence-electron chi connectivity index (χ0n) is 22.1.